The number of morpholine rings is 1. The molecule has 34 heavy (non-hydrogen) atoms. The number of pyridine rings is 2. The van der Waals surface area contributed by atoms with Crippen LogP contribution in [0.3, 0.4) is 0 Å². The summed E-state index contributed by atoms with van der Waals surface area (Å²) >= 11 is 0. The Morgan fingerprint density at radius 1 is 0.941 bits per heavy atom. The van der Waals surface area contributed by atoms with Crippen LogP contribution in [0.4, 0.5) is 17.2 Å². The first-order chi connectivity index (χ1) is 16.7. The normalized spacial score (nSPS) is 14.0. The van der Waals surface area contributed by atoms with Crippen LogP contribution in [0.25, 0.3) is 28.2 Å². The van der Waals surface area contributed by atoms with Gasteiger partial charge in [0, 0.05) is 49.5 Å². The summed E-state index contributed by atoms with van der Waals surface area (Å²) in [6.45, 7) is 3.42. The Morgan fingerprint density at radius 3 is 2.59 bits per heavy atom. The summed E-state index contributed by atoms with van der Waals surface area (Å²) in [6.07, 6.45) is 7.76. The highest BCUT2D eigenvalue weighted by Crippen LogP contribution is 2.26. The van der Waals surface area contributed by atoms with Crippen LogP contribution in [0.2, 0.25) is 0 Å². The van der Waals surface area contributed by atoms with E-state index in [-0.39, 0.29) is 0 Å². The Hall–Kier alpha value is -4.17. The van der Waals surface area contributed by atoms with E-state index in [0.717, 1.165) is 66.0 Å². The van der Waals surface area contributed by atoms with Crippen LogP contribution in [-0.2, 0) is 11.8 Å². The number of hydrogen-bond acceptors (Lipinski definition) is 6. The smallest absolute Gasteiger partial charge is 0.137 e. The minimum absolute atomic E-state index is 0.783. The Balaban J connectivity index is 1.23. The Morgan fingerprint density at radius 2 is 1.79 bits per heavy atom. The number of nitrogens with one attached hydrogen (secondary N) is 1. The highest BCUT2D eigenvalue weighted by atomic mass is 16.5. The van der Waals surface area contributed by atoms with Gasteiger partial charge in [-0.3, -0.25) is 9.08 Å². The molecule has 0 saturated carbocycles. The van der Waals surface area contributed by atoms with Gasteiger partial charge in [0.05, 0.1) is 37.0 Å². The molecule has 5 aromatic rings. The fraction of sp³-hybridized carbons (Fsp3) is 0.192. The van der Waals surface area contributed by atoms with Crippen molar-refractivity contribution in [2.75, 3.05) is 36.5 Å². The summed E-state index contributed by atoms with van der Waals surface area (Å²) in [5, 5.41) is 7.69. The van der Waals surface area contributed by atoms with Gasteiger partial charge >= 0.3 is 0 Å². The van der Waals surface area contributed by atoms with Crippen LogP contribution in [0.15, 0.2) is 79.4 Å². The van der Waals surface area contributed by atoms with Gasteiger partial charge in [0.1, 0.15) is 11.5 Å². The third-order valence-corrected chi connectivity index (χ3v) is 6.08. The average Bonchev–Trinajstić information content (AvgIpc) is 3.51. The molecule has 0 aliphatic carbocycles. The molecule has 1 aliphatic heterocycles. The van der Waals surface area contributed by atoms with E-state index >= 15 is 0 Å². The molecule has 0 amide bonds. The van der Waals surface area contributed by atoms with Crippen LogP contribution in [-0.4, -0.2) is 50.5 Å². The van der Waals surface area contributed by atoms with Crippen LogP contribution >= 0.6 is 0 Å². The van der Waals surface area contributed by atoms with Gasteiger partial charge in [-0.15, -0.1) is 0 Å². The zero-order valence-corrected chi connectivity index (χ0v) is 18.9. The maximum Gasteiger partial charge on any atom is 0.137 e. The number of imidazole rings is 1. The minimum Gasteiger partial charge on any atom is -0.378 e. The molecule has 0 unspecified atom stereocenters. The van der Waals surface area contributed by atoms with Crippen LogP contribution in [0.1, 0.15) is 0 Å². The first kappa shape index (κ1) is 20.4. The second-order valence-corrected chi connectivity index (χ2v) is 8.37. The van der Waals surface area contributed by atoms with Gasteiger partial charge in [0.2, 0.25) is 0 Å². The second kappa shape index (κ2) is 8.64. The van der Waals surface area contributed by atoms with Crippen molar-refractivity contribution in [2.24, 2.45) is 7.05 Å². The lowest BCUT2D eigenvalue weighted by Gasteiger charge is -2.28. The maximum atomic E-state index is 5.45. The first-order valence-electron chi connectivity index (χ1n) is 11.4. The molecule has 8 heteroatoms. The van der Waals surface area contributed by atoms with Gasteiger partial charge in [-0.25, -0.2) is 9.97 Å². The standard InChI is InChI=1S/C26H25N7O/c1-31-18-20(16-28-31)19-9-10-33-24(17-27-26(33)15-19)23-3-2-4-25(30-23)29-21-5-7-22(8-6-21)32-11-13-34-14-12-32/h2-10,15-18H,11-14H2,1H3,(H,29,30). The number of fused-ring (bicyclic) bond motifs is 1. The van der Waals surface area contributed by atoms with Gasteiger partial charge in [-0.05, 0) is 54.1 Å². The lowest BCUT2D eigenvalue weighted by atomic mass is 10.1. The van der Waals surface area contributed by atoms with Crippen LogP contribution in [0, 0.1) is 0 Å². The first-order valence-corrected chi connectivity index (χ1v) is 11.4. The molecule has 170 valence electrons. The summed E-state index contributed by atoms with van der Waals surface area (Å²) < 4.78 is 9.31. The molecular weight excluding hydrogens is 426 g/mol. The van der Waals surface area contributed by atoms with Crippen molar-refractivity contribution < 1.29 is 4.74 Å². The predicted octanol–water partition coefficient (Wildman–Crippen LogP) is 4.38. The van der Waals surface area contributed by atoms with Gasteiger partial charge in [-0.2, -0.15) is 5.10 Å². The van der Waals surface area contributed by atoms with E-state index < -0.39 is 0 Å². The molecule has 1 N–H and O–H groups in total. The average molecular weight is 452 g/mol. The largest absolute Gasteiger partial charge is 0.378 e. The van der Waals surface area contributed by atoms with Gasteiger partial charge < -0.3 is 15.0 Å². The molecule has 0 bridgehead atoms. The van der Waals surface area contributed by atoms with Crippen molar-refractivity contribution >= 4 is 22.8 Å². The van der Waals surface area contributed by atoms with Crippen molar-refractivity contribution in [1.82, 2.24) is 24.1 Å². The van der Waals surface area contributed by atoms with E-state index in [1.165, 1.54) is 5.69 Å². The summed E-state index contributed by atoms with van der Waals surface area (Å²) in [5.74, 6) is 0.790. The molecule has 6 rings (SSSR count). The number of anilines is 3. The number of nitrogens with zero attached hydrogens (tertiary/aromatic N) is 6. The number of hydrogen-bond donors (Lipinski definition) is 1. The number of rotatable bonds is 5. The van der Waals surface area contributed by atoms with Crippen molar-refractivity contribution in [3.63, 3.8) is 0 Å². The van der Waals surface area contributed by atoms with E-state index in [4.69, 9.17) is 9.72 Å². The lowest BCUT2D eigenvalue weighted by Crippen LogP contribution is -2.36. The molecule has 0 radical (unpaired) electrons. The van der Waals surface area contributed by atoms with Crippen LogP contribution < -0.4 is 10.2 Å². The summed E-state index contributed by atoms with van der Waals surface area (Å²) in [4.78, 5) is 11.8. The topological polar surface area (TPSA) is 72.5 Å². The third-order valence-electron chi connectivity index (χ3n) is 6.08. The molecule has 1 aliphatic rings. The number of aryl methyl sites for hydroxylation is 1. The second-order valence-electron chi connectivity index (χ2n) is 8.37. The summed E-state index contributed by atoms with van der Waals surface area (Å²) in [5.41, 5.74) is 7.04. The molecule has 0 atom stereocenters. The highest BCUT2D eigenvalue weighted by Gasteiger charge is 2.12. The number of ether oxygens (including phenoxy) is 1. The Kier molecular flexibility index (Phi) is 5.20. The van der Waals surface area contributed by atoms with E-state index in [9.17, 15) is 0 Å². The molecule has 8 nitrogen and oxygen atoms in total. The molecule has 4 aromatic heterocycles. The van der Waals surface area contributed by atoms with E-state index in [2.05, 4.69) is 61.1 Å². The van der Waals surface area contributed by atoms with E-state index in [1.807, 2.05) is 50.0 Å². The molecule has 1 saturated heterocycles. The Labute approximate surface area is 197 Å². The van der Waals surface area contributed by atoms with Crippen molar-refractivity contribution in [3.8, 4) is 22.5 Å². The van der Waals surface area contributed by atoms with Gasteiger partial charge in [-0.1, -0.05) is 6.07 Å². The fourth-order valence-electron chi connectivity index (χ4n) is 4.29. The minimum atomic E-state index is 0.783. The van der Waals surface area contributed by atoms with E-state index in [1.54, 1.807) is 4.68 Å². The number of aromatic nitrogens is 5. The van der Waals surface area contributed by atoms with Gasteiger partial charge in [0.25, 0.3) is 0 Å². The zero-order valence-electron chi connectivity index (χ0n) is 18.9. The molecule has 0 spiro atoms. The quantitative estimate of drug-likeness (QED) is 0.428. The van der Waals surface area contributed by atoms with Gasteiger partial charge in [0.15, 0.2) is 0 Å². The zero-order chi connectivity index (χ0) is 22.9. The summed E-state index contributed by atoms with van der Waals surface area (Å²) in [7, 11) is 1.92. The van der Waals surface area contributed by atoms with Crippen molar-refractivity contribution in [2.45, 2.75) is 0 Å². The monoisotopic (exact) mass is 451 g/mol. The molecular formula is C26H25N7O. The third kappa shape index (κ3) is 3.99. The number of benzene rings is 1. The van der Waals surface area contributed by atoms with Crippen LogP contribution in [0.5, 0.6) is 0 Å². The predicted molar refractivity (Wildman–Crippen MR) is 133 cm³/mol. The molecule has 1 aromatic carbocycles. The highest BCUT2D eigenvalue weighted by molar-refractivity contribution is 5.70. The molecule has 5 heterocycles. The van der Waals surface area contributed by atoms with E-state index in [0.29, 0.717) is 0 Å². The van der Waals surface area contributed by atoms with Crippen molar-refractivity contribution in [3.05, 3.63) is 79.4 Å². The lowest BCUT2D eigenvalue weighted by molar-refractivity contribution is 0.122. The van der Waals surface area contributed by atoms with Crippen molar-refractivity contribution in [1.29, 1.82) is 0 Å². The Bertz CT molecular complexity index is 1430. The fourth-order valence-corrected chi connectivity index (χ4v) is 4.29. The SMILES string of the molecule is Cn1cc(-c2ccn3c(-c4cccc(Nc5ccc(N6CCOCC6)cc5)n4)cnc3c2)cn1. The summed E-state index contributed by atoms with van der Waals surface area (Å²) in [6, 6.07) is 18.6. The maximum absolute atomic E-state index is 5.45. The molecule has 1 fully saturated rings.